The van der Waals surface area contributed by atoms with Crippen LogP contribution in [0.5, 0.6) is 5.75 Å². The smallest absolute Gasteiger partial charge is 0.263 e. The van der Waals surface area contributed by atoms with Crippen molar-refractivity contribution in [3.05, 3.63) is 75.7 Å². The number of amides is 1. The number of nitrogens with zero attached hydrogens (tertiary/aromatic N) is 2. The summed E-state index contributed by atoms with van der Waals surface area (Å²) in [6.45, 7) is 8.00. The van der Waals surface area contributed by atoms with Gasteiger partial charge in [0.1, 0.15) is 22.4 Å². The molecule has 4 rings (SSSR count). The molecule has 0 aliphatic rings. The van der Waals surface area contributed by atoms with Crippen molar-refractivity contribution < 1.29 is 9.53 Å². The van der Waals surface area contributed by atoms with Crippen LogP contribution >= 0.6 is 11.3 Å². The summed E-state index contributed by atoms with van der Waals surface area (Å²) in [5, 5.41) is 3.42. The van der Waals surface area contributed by atoms with Gasteiger partial charge in [-0.15, -0.1) is 11.3 Å². The van der Waals surface area contributed by atoms with Gasteiger partial charge in [0.25, 0.3) is 5.56 Å². The molecule has 7 heteroatoms. The molecule has 2 aromatic carbocycles. The molecule has 1 atom stereocenters. The lowest BCUT2D eigenvalue weighted by Crippen LogP contribution is -2.33. The first-order valence-electron chi connectivity index (χ1n) is 10.5. The molecule has 1 amide bonds. The van der Waals surface area contributed by atoms with Gasteiger partial charge >= 0.3 is 0 Å². The number of benzene rings is 2. The third kappa shape index (κ3) is 4.03. The average Bonchev–Trinajstić information content (AvgIpc) is 3.11. The van der Waals surface area contributed by atoms with Crippen LogP contribution in [0.1, 0.15) is 30.6 Å². The fourth-order valence-electron chi connectivity index (χ4n) is 3.85. The second-order valence-electron chi connectivity index (χ2n) is 7.54. The minimum Gasteiger partial charge on any atom is -0.494 e. The molecular weight excluding hydrogens is 422 g/mol. The second-order valence-corrected chi connectivity index (χ2v) is 8.74. The van der Waals surface area contributed by atoms with Gasteiger partial charge in [-0.05, 0) is 57.5 Å². The maximum atomic E-state index is 13.6. The number of rotatable bonds is 6. The van der Waals surface area contributed by atoms with Crippen molar-refractivity contribution in [2.75, 3.05) is 11.9 Å². The predicted molar refractivity (Wildman–Crippen MR) is 130 cm³/mol. The first-order valence-corrected chi connectivity index (χ1v) is 11.3. The number of aryl methyl sites for hydroxylation is 2. The zero-order chi connectivity index (χ0) is 22.8. The summed E-state index contributed by atoms with van der Waals surface area (Å²) < 4.78 is 7.02. The number of anilines is 1. The van der Waals surface area contributed by atoms with Crippen molar-refractivity contribution in [1.29, 1.82) is 0 Å². The lowest BCUT2D eigenvalue weighted by atomic mass is 10.0. The van der Waals surface area contributed by atoms with Crippen LogP contribution in [0.2, 0.25) is 0 Å². The molecule has 2 aromatic heterocycles. The van der Waals surface area contributed by atoms with E-state index in [0.29, 0.717) is 28.3 Å². The van der Waals surface area contributed by atoms with E-state index in [1.807, 2.05) is 68.4 Å². The Morgan fingerprint density at radius 3 is 2.47 bits per heavy atom. The van der Waals surface area contributed by atoms with Crippen molar-refractivity contribution in [2.24, 2.45) is 0 Å². The zero-order valence-electron chi connectivity index (χ0n) is 18.5. The minimum atomic E-state index is -0.715. The molecule has 0 aliphatic heterocycles. The van der Waals surface area contributed by atoms with Crippen LogP contribution < -0.4 is 15.6 Å². The number of aromatic nitrogens is 2. The van der Waals surface area contributed by atoms with Crippen LogP contribution in [0.15, 0.2) is 59.4 Å². The molecule has 0 bridgehead atoms. The van der Waals surface area contributed by atoms with Crippen LogP contribution in [0.4, 0.5) is 5.69 Å². The van der Waals surface area contributed by atoms with Gasteiger partial charge in [-0.1, -0.05) is 30.3 Å². The monoisotopic (exact) mass is 447 g/mol. The summed E-state index contributed by atoms with van der Waals surface area (Å²) in [5.74, 6) is 1.03. The maximum absolute atomic E-state index is 13.6. The fraction of sp³-hybridized carbons (Fsp3) is 0.240. The number of ether oxygens (including phenoxy) is 1. The Morgan fingerprint density at radius 1 is 1.12 bits per heavy atom. The SMILES string of the molecule is CCOc1ccc(-c2c(C)sc3nc(C)n(C(C)C(=O)Nc4ccccc4)c(=O)c23)cc1. The minimum absolute atomic E-state index is 0.212. The van der Waals surface area contributed by atoms with Crippen LogP contribution in [-0.4, -0.2) is 22.1 Å². The molecule has 0 saturated heterocycles. The number of hydrogen-bond donors (Lipinski definition) is 1. The highest BCUT2D eigenvalue weighted by atomic mass is 32.1. The molecule has 164 valence electrons. The largest absolute Gasteiger partial charge is 0.494 e. The number of carbonyl (C=O) groups excluding carboxylic acids is 1. The summed E-state index contributed by atoms with van der Waals surface area (Å²) in [5.41, 5.74) is 2.25. The number of carbonyl (C=O) groups is 1. The summed E-state index contributed by atoms with van der Waals surface area (Å²) >= 11 is 1.49. The molecule has 1 unspecified atom stereocenters. The highest BCUT2D eigenvalue weighted by molar-refractivity contribution is 7.19. The first-order chi connectivity index (χ1) is 15.4. The van der Waals surface area contributed by atoms with Gasteiger partial charge in [-0.3, -0.25) is 14.2 Å². The summed E-state index contributed by atoms with van der Waals surface area (Å²) in [6, 6.07) is 16.2. The van der Waals surface area contributed by atoms with Crippen molar-refractivity contribution >= 4 is 33.1 Å². The quantitative estimate of drug-likeness (QED) is 0.433. The average molecular weight is 448 g/mol. The van der Waals surface area contributed by atoms with E-state index in [1.165, 1.54) is 15.9 Å². The Bertz CT molecular complexity index is 1320. The second kappa shape index (κ2) is 8.96. The van der Waals surface area contributed by atoms with Crippen LogP contribution in [0.3, 0.4) is 0 Å². The number of nitrogens with one attached hydrogen (secondary N) is 1. The van der Waals surface area contributed by atoms with E-state index in [4.69, 9.17) is 4.74 Å². The molecule has 0 spiro atoms. The summed E-state index contributed by atoms with van der Waals surface area (Å²) in [6.07, 6.45) is 0. The van der Waals surface area contributed by atoms with Crippen molar-refractivity contribution in [3.63, 3.8) is 0 Å². The topological polar surface area (TPSA) is 73.2 Å². The maximum Gasteiger partial charge on any atom is 0.263 e. The number of hydrogen-bond acceptors (Lipinski definition) is 5. The summed E-state index contributed by atoms with van der Waals surface area (Å²) in [7, 11) is 0. The zero-order valence-corrected chi connectivity index (χ0v) is 19.3. The number of thiophene rings is 1. The van der Waals surface area contributed by atoms with Crippen LogP contribution in [0, 0.1) is 13.8 Å². The normalized spacial score (nSPS) is 12.0. The van der Waals surface area contributed by atoms with Gasteiger partial charge < -0.3 is 10.1 Å². The molecular formula is C25H25N3O3S. The Morgan fingerprint density at radius 2 is 1.81 bits per heavy atom. The Hall–Kier alpha value is -3.45. The highest BCUT2D eigenvalue weighted by Crippen LogP contribution is 2.36. The van der Waals surface area contributed by atoms with Gasteiger partial charge in [0, 0.05) is 16.1 Å². The molecule has 1 N–H and O–H groups in total. The molecule has 32 heavy (non-hydrogen) atoms. The molecule has 2 heterocycles. The Kier molecular flexibility index (Phi) is 6.10. The van der Waals surface area contributed by atoms with Gasteiger partial charge in [0.2, 0.25) is 5.91 Å². The van der Waals surface area contributed by atoms with E-state index in [0.717, 1.165) is 21.8 Å². The number of fused-ring (bicyclic) bond motifs is 1. The third-order valence-electron chi connectivity index (χ3n) is 5.37. The van der Waals surface area contributed by atoms with Crippen LogP contribution in [0.25, 0.3) is 21.3 Å². The molecule has 0 aliphatic carbocycles. The van der Waals surface area contributed by atoms with Crippen molar-refractivity contribution in [2.45, 2.75) is 33.7 Å². The highest BCUT2D eigenvalue weighted by Gasteiger charge is 2.24. The van der Waals surface area contributed by atoms with E-state index < -0.39 is 6.04 Å². The first kappa shape index (κ1) is 21.8. The van der Waals surface area contributed by atoms with Crippen LogP contribution in [-0.2, 0) is 4.79 Å². The van der Waals surface area contributed by atoms with Gasteiger partial charge in [0.15, 0.2) is 0 Å². The lowest BCUT2D eigenvalue weighted by Gasteiger charge is -2.17. The predicted octanol–water partition coefficient (Wildman–Crippen LogP) is 5.34. The molecule has 0 fully saturated rings. The van der Waals surface area contributed by atoms with Crippen molar-refractivity contribution in [1.82, 2.24) is 9.55 Å². The van der Waals surface area contributed by atoms with Gasteiger partial charge in [0.05, 0.1) is 12.0 Å². The fourth-order valence-corrected chi connectivity index (χ4v) is 4.93. The molecule has 0 radical (unpaired) electrons. The van der Waals surface area contributed by atoms with Gasteiger partial charge in [-0.25, -0.2) is 4.98 Å². The lowest BCUT2D eigenvalue weighted by molar-refractivity contribution is -0.118. The molecule has 4 aromatic rings. The van der Waals surface area contributed by atoms with E-state index in [2.05, 4.69) is 10.3 Å². The van der Waals surface area contributed by atoms with E-state index in [-0.39, 0.29) is 11.5 Å². The van der Waals surface area contributed by atoms with E-state index in [1.54, 1.807) is 13.8 Å². The number of para-hydroxylation sites is 1. The molecule has 6 nitrogen and oxygen atoms in total. The Balaban J connectivity index is 1.79. The standard InChI is InChI=1S/C25H25N3O3S/c1-5-31-20-13-11-18(12-14-20)21-16(3)32-24-22(21)25(30)28(17(4)26-24)15(2)23(29)27-19-9-7-6-8-10-19/h6-15H,5H2,1-4H3,(H,27,29). The van der Waals surface area contributed by atoms with Crippen molar-refractivity contribution in [3.8, 4) is 16.9 Å². The van der Waals surface area contributed by atoms with Gasteiger partial charge in [-0.2, -0.15) is 0 Å². The van der Waals surface area contributed by atoms with E-state index >= 15 is 0 Å². The summed E-state index contributed by atoms with van der Waals surface area (Å²) in [4.78, 5) is 32.9. The third-order valence-corrected chi connectivity index (χ3v) is 6.37. The molecule has 0 saturated carbocycles. The Labute approximate surface area is 190 Å². The van der Waals surface area contributed by atoms with E-state index in [9.17, 15) is 9.59 Å².